The number of rotatable bonds is 2. The molecule has 66 valence electrons. The first-order valence-corrected chi connectivity index (χ1v) is 3.87. The summed E-state index contributed by atoms with van der Waals surface area (Å²) < 4.78 is 17.3. The Morgan fingerprint density at radius 1 is 1.46 bits per heavy atom. The lowest BCUT2D eigenvalue weighted by molar-refractivity contribution is 0.413. The molecule has 1 heterocycles. The van der Waals surface area contributed by atoms with Crippen LogP contribution in [0.15, 0.2) is 41.0 Å². The molecule has 0 aliphatic rings. The lowest BCUT2D eigenvalue weighted by atomic mass is 10.2. The predicted octanol–water partition coefficient (Wildman–Crippen LogP) is 2.35. The largest absolute Gasteiger partial charge is 0.497 e. The number of benzene rings is 1. The van der Waals surface area contributed by atoms with Gasteiger partial charge in [-0.1, -0.05) is 17.3 Å². The molecule has 3 heteroatoms. The number of methoxy groups -OCH3 is 1. The molecule has 2 aromatic rings. The fourth-order valence-corrected chi connectivity index (χ4v) is 1.10. The van der Waals surface area contributed by atoms with Gasteiger partial charge < -0.3 is 9.26 Å². The van der Waals surface area contributed by atoms with Crippen molar-refractivity contribution in [3.8, 4) is 17.1 Å². The van der Waals surface area contributed by atoms with E-state index in [1.807, 2.05) is 24.3 Å². The Labute approximate surface area is 77.3 Å². The average molecular weight is 176 g/mol. The predicted molar refractivity (Wildman–Crippen MR) is 48.5 cm³/mol. The average Bonchev–Trinajstić information content (AvgIpc) is 2.65. The fourth-order valence-electron chi connectivity index (χ4n) is 1.10. The molecule has 2 rings (SSSR count). The van der Waals surface area contributed by atoms with Crippen LogP contribution in [0.25, 0.3) is 11.3 Å². The summed E-state index contributed by atoms with van der Waals surface area (Å²) in [5.74, 6) is 1.33. The zero-order valence-electron chi connectivity index (χ0n) is 8.15. The van der Waals surface area contributed by atoms with Gasteiger partial charge in [0.1, 0.15) is 5.75 Å². The van der Waals surface area contributed by atoms with Gasteiger partial charge in [0.05, 0.1) is 14.7 Å². The quantitative estimate of drug-likeness (QED) is 0.704. The zero-order valence-corrected chi connectivity index (χ0v) is 7.15. The van der Waals surface area contributed by atoms with Crippen LogP contribution in [0.5, 0.6) is 5.75 Å². The van der Waals surface area contributed by atoms with Gasteiger partial charge in [-0.3, -0.25) is 0 Å². The van der Waals surface area contributed by atoms with Gasteiger partial charge in [0.25, 0.3) is 0 Å². The van der Waals surface area contributed by atoms with Gasteiger partial charge in [-0.25, -0.2) is 0 Å². The summed E-state index contributed by atoms with van der Waals surface area (Å²) in [4.78, 5) is 0. The second kappa shape index (κ2) is 3.31. The molecular weight excluding hydrogens is 166 g/mol. The van der Waals surface area contributed by atoms with E-state index < -0.39 is 0 Å². The Kier molecular flexibility index (Phi) is 1.71. The van der Waals surface area contributed by atoms with E-state index in [0.717, 1.165) is 11.3 Å². The maximum atomic E-state index is 7.23. The molecule has 0 N–H and O–H groups in total. The maximum Gasteiger partial charge on any atom is 0.166 e. The van der Waals surface area contributed by atoms with Crippen LogP contribution in [0, 0.1) is 0 Å². The molecular formula is C10H9NO2. The molecule has 1 aromatic heterocycles. The van der Waals surface area contributed by atoms with Crippen LogP contribution in [0.3, 0.4) is 0 Å². The topological polar surface area (TPSA) is 35.3 Å². The van der Waals surface area contributed by atoms with Crippen molar-refractivity contribution in [2.75, 3.05) is 7.11 Å². The van der Waals surface area contributed by atoms with Crippen molar-refractivity contribution in [1.82, 2.24) is 5.16 Å². The van der Waals surface area contributed by atoms with Gasteiger partial charge in [0, 0.05) is 11.6 Å². The highest BCUT2D eigenvalue weighted by Gasteiger charge is 2.01. The van der Waals surface area contributed by atoms with Crippen molar-refractivity contribution in [2.24, 2.45) is 0 Å². The summed E-state index contributed by atoms with van der Waals surface area (Å²) in [5.41, 5.74) is 0.857. The van der Waals surface area contributed by atoms with Crippen molar-refractivity contribution < 1.29 is 10.6 Å². The highest BCUT2D eigenvalue weighted by atomic mass is 16.5. The molecule has 13 heavy (non-hydrogen) atoms. The minimum absolute atomic E-state index is 0.128. The highest BCUT2D eigenvalue weighted by molar-refractivity contribution is 5.58. The third-order valence-electron chi connectivity index (χ3n) is 1.75. The van der Waals surface area contributed by atoms with Crippen LogP contribution >= 0.6 is 0 Å². The van der Waals surface area contributed by atoms with Gasteiger partial charge >= 0.3 is 0 Å². The molecule has 0 saturated heterocycles. The molecule has 0 spiro atoms. The first-order chi connectivity index (χ1) is 6.79. The Balaban J connectivity index is 2.41. The maximum absolute atomic E-state index is 7.23. The summed E-state index contributed by atoms with van der Waals surface area (Å²) in [6.07, 6.45) is 0.128. The van der Waals surface area contributed by atoms with E-state index in [1.54, 1.807) is 13.2 Å². The smallest absolute Gasteiger partial charge is 0.166 e. The van der Waals surface area contributed by atoms with Gasteiger partial charge in [-0.15, -0.1) is 0 Å². The lowest BCUT2D eigenvalue weighted by Crippen LogP contribution is -1.82. The molecule has 0 radical (unpaired) electrons. The molecule has 0 bridgehead atoms. The van der Waals surface area contributed by atoms with Crippen molar-refractivity contribution in [3.63, 3.8) is 0 Å². The van der Waals surface area contributed by atoms with Gasteiger partial charge in [0.2, 0.25) is 0 Å². The molecule has 0 amide bonds. The van der Waals surface area contributed by atoms with Gasteiger partial charge in [-0.05, 0) is 12.1 Å². The van der Waals surface area contributed by atoms with Crippen molar-refractivity contribution >= 4 is 0 Å². The van der Waals surface area contributed by atoms with E-state index in [2.05, 4.69) is 5.16 Å². The van der Waals surface area contributed by atoms with Crippen molar-refractivity contribution in [3.05, 3.63) is 36.5 Å². The van der Waals surface area contributed by atoms with Crippen LogP contribution < -0.4 is 4.74 Å². The van der Waals surface area contributed by atoms with E-state index in [4.69, 9.17) is 10.6 Å². The number of aromatic nitrogens is 1. The Morgan fingerprint density at radius 2 is 2.38 bits per heavy atom. The third kappa shape index (κ3) is 1.54. The molecule has 0 aliphatic heterocycles. The summed E-state index contributed by atoms with van der Waals surface area (Å²) in [7, 11) is 1.61. The first-order valence-electron chi connectivity index (χ1n) is 4.37. The van der Waals surface area contributed by atoms with E-state index in [9.17, 15) is 0 Å². The molecule has 0 fully saturated rings. The minimum atomic E-state index is 0.128. The molecule has 0 unspecified atom stereocenters. The van der Waals surface area contributed by atoms with Crippen molar-refractivity contribution in [1.29, 1.82) is 0 Å². The summed E-state index contributed by atoms with van der Waals surface area (Å²) in [5, 5.41) is 3.50. The third-order valence-corrected chi connectivity index (χ3v) is 1.75. The summed E-state index contributed by atoms with van der Waals surface area (Å²) in [6.45, 7) is 0. The van der Waals surface area contributed by atoms with Gasteiger partial charge in [0.15, 0.2) is 5.76 Å². The Bertz CT molecular complexity index is 439. The lowest BCUT2D eigenvalue weighted by Gasteiger charge is -2.00. The number of hydrogen-bond acceptors (Lipinski definition) is 3. The fraction of sp³-hybridized carbons (Fsp3) is 0.100. The van der Waals surface area contributed by atoms with E-state index >= 15 is 0 Å². The van der Waals surface area contributed by atoms with E-state index in [0.29, 0.717) is 5.76 Å². The van der Waals surface area contributed by atoms with E-state index in [1.165, 1.54) is 0 Å². The zero-order chi connectivity index (χ0) is 9.97. The molecule has 3 nitrogen and oxygen atoms in total. The highest BCUT2D eigenvalue weighted by Crippen LogP contribution is 2.22. The SMILES string of the molecule is [2H]c1cc(-c2cccc(OC)c2)on1. The summed E-state index contributed by atoms with van der Waals surface area (Å²) >= 11 is 0. The summed E-state index contributed by atoms with van der Waals surface area (Å²) in [6, 6.07) is 8.99. The molecule has 0 saturated carbocycles. The monoisotopic (exact) mass is 176 g/mol. The van der Waals surface area contributed by atoms with E-state index in [-0.39, 0.29) is 6.17 Å². The first kappa shape index (κ1) is 6.71. The Hall–Kier alpha value is -1.77. The normalized spacial score (nSPS) is 11.0. The number of ether oxygens (including phenoxy) is 1. The van der Waals surface area contributed by atoms with Crippen LogP contribution in [-0.4, -0.2) is 12.3 Å². The van der Waals surface area contributed by atoms with Crippen LogP contribution in [0.4, 0.5) is 0 Å². The molecule has 0 atom stereocenters. The second-order valence-corrected chi connectivity index (χ2v) is 2.55. The van der Waals surface area contributed by atoms with Crippen LogP contribution in [0.1, 0.15) is 1.37 Å². The number of nitrogens with zero attached hydrogens (tertiary/aromatic N) is 1. The molecule has 1 aromatic carbocycles. The Morgan fingerprint density at radius 3 is 3.08 bits per heavy atom. The van der Waals surface area contributed by atoms with Crippen molar-refractivity contribution in [2.45, 2.75) is 0 Å². The second-order valence-electron chi connectivity index (χ2n) is 2.55. The minimum Gasteiger partial charge on any atom is -0.497 e. The standard InChI is InChI=1S/C10H9NO2/c1-12-9-4-2-3-8(7-9)10-5-6-11-13-10/h2-7H,1H3/i6D. The van der Waals surface area contributed by atoms with Gasteiger partial charge in [-0.2, -0.15) is 0 Å². The molecule has 0 aliphatic carbocycles. The van der Waals surface area contributed by atoms with Crippen LogP contribution in [0.2, 0.25) is 0 Å². The van der Waals surface area contributed by atoms with Crippen LogP contribution in [-0.2, 0) is 0 Å². The number of hydrogen-bond donors (Lipinski definition) is 0.